The highest BCUT2D eigenvalue weighted by Gasteiger charge is 2.26. The molecular weight excluding hydrogens is 264 g/mol. The van der Waals surface area contributed by atoms with Gasteiger partial charge in [-0.3, -0.25) is 9.48 Å². The van der Waals surface area contributed by atoms with Crippen molar-refractivity contribution < 1.29 is 4.79 Å². The zero-order valence-corrected chi connectivity index (χ0v) is 11.3. The minimum Gasteiger partial charge on any atom is -0.294 e. The van der Waals surface area contributed by atoms with Gasteiger partial charge in [0.1, 0.15) is 6.07 Å². The lowest BCUT2D eigenvalue weighted by Crippen LogP contribution is -2.14. The SMILES string of the molecule is N#Cc1cccc(Cn2nc(C#N)c3c2CCCC3=O)c1. The summed E-state index contributed by atoms with van der Waals surface area (Å²) in [6, 6.07) is 11.4. The molecule has 0 atom stereocenters. The van der Waals surface area contributed by atoms with Gasteiger partial charge in [-0.1, -0.05) is 12.1 Å². The van der Waals surface area contributed by atoms with E-state index in [9.17, 15) is 4.79 Å². The lowest BCUT2D eigenvalue weighted by atomic mass is 9.94. The molecule has 1 aliphatic carbocycles. The number of carbonyl (C=O) groups excluding carboxylic acids is 1. The summed E-state index contributed by atoms with van der Waals surface area (Å²) in [5, 5.41) is 22.4. The number of ketones is 1. The summed E-state index contributed by atoms with van der Waals surface area (Å²) in [7, 11) is 0. The molecule has 0 aliphatic heterocycles. The maximum absolute atomic E-state index is 12.0. The van der Waals surface area contributed by atoms with E-state index in [1.807, 2.05) is 18.2 Å². The fourth-order valence-corrected chi connectivity index (χ4v) is 2.71. The minimum absolute atomic E-state index is 0.00447. The fraction of sp³-hybridized carbons (Fsp3) is 0.250. The van der Waals surface area contributed by atoms with Crippen molar-refractivity contribution in [2.24, 2.45) is 0 Å². The molecular formula is C16H12N4O. The fourth-order valence-electron chi connectivity index (χ4n) is 2.71. The third-order valence-electron chi connectivity index (χ3n) is 3.65. The van der Waals surface area contributed by atoms with Gasteiger partial charge in [0.05, 0.1) is 29.4 Å². The Labute approximate surface area is 122 Å². The van der Waals surface area contributed by atoms with Crippen molar-refractivity contribution >= 4 is 5.78 Å². The Kier molecular flexibility index (Phi) is 3.25. The van der Waals surface area contributed by atoms with Gasteiger partial charge in [-0.2, -0.15) is 15.6 Å². The molecule has 0 unspecified atom stereocenters. The standard InChI is InChI=1S/C16H12N4O/c17-8-11-3-1-4-12(7-11)10-20-14-5-2-6-15(21)16(14)13(9-18)19-20/h1,3-4,7H,2,5-6,10H2. The predicted octanol–water partition coefficient (Wildman–Crippen LogP) is 2.19. The largest absolute Gasteiger partial charge is 0.294 e. The molecule has 0 N–H and O–H groups in total. The Morgan fingerprint density at radius 1 is 1.24 bits per heavy atom. The zero-order chi connectivity index (χ0) is 14.8. The van der Waals surface area contributed by atoms with Crippen LogP contribution < -0.4 is 0 Å². The summed E-state index contributed by atoms with van der Waals surface area (Å²) < 4.78 is 1.72. The molecule has 0 bridgehead atoms. The molecule has 1 aromatic carbocycles. The average molecular weight is 276 g/mol. The third-order valence-corrected chi connectivity index (χ3v) is 3.65. The van der Waals surface area contributed by atoms with Crippen molar-refractivity contribution in [3.63, 3.8) is 0 Å². The number of benzene rings is 1. The van der Waals surface area contributed by atoms with E-state index in [1.165, 1.54) is 0 Å². The topological polar surface area (TPSA) is 82.5 Å². The van der Waals surface area contributed by atoms with Crippen molar-refractivity contribution in [3.8, 4) is 12.1 Å². The van der Waals surface area contributed by atoms with E-state index >= 15 is 0 Å². The van der Waals surface area contributed by atoms with Crippen LogP contribution in [0.5, 0.6) is 0 Å². The summed E-state index contributed by atoms with van der Waals surface area (Å²) in [4.78, 5) is 12.0. The van der Waals surface area contributed by atoms with E-state index in [-0.39, 0.29) is 11.5 Å². The molecule has 1 aliphatic rings. The molecule has 5 heteroatoms. The maximum Gasteiger partial charge on any atom is 0.173 e. The van der Waals surface area contributed by atoms with Crippen molar-refractivity contribution in [3.05, 3.63) is 52.3 Å². The molecule has 21 heavy (non-hydrogen) atoms. The van der Waals surface area contributed by atoms with Crippen LogP contribution in [0.15, 0.2) is 24.3 Å². The maximum atomic E-state index is 12.0. The van der Waals surface area contributed by atoms with E-state index in [1.54, 1.807) is 16.8 Å². The number of nitrogens with zero attached hydrogens (tertiary/aromatic N) is 4. The Balaban J connectivity index is 2.02. The molecule has 2 aromatic rings. The summed E-state index contributed by atoms with van der Waals surface area (Å²) >= 11 is 0. The first-order chi connectivity index (χ1) is 10.2. The number of nitriles is 2. The van der Waals surface area contributed by atoms with E-state index < -0.39 is 0 Å². The van der Waals surface area contributed by atoms with Gasteiger partial charge < -0.3 is 0 Å². The van der Waals surface area contributed by atoms with Crippen molar-refractivity contribution in [2.75, 3.05) is 0 Å². The van der Waals surface area contributed by atoms with Crippen molar-refractivity contribution in [2.45, 2.75) is 25.8 Å². The van der Waals surface area contributed by atoms with Gasteiger partial charge >= 0.3 is 0 Å². The number of Topliss-reactive ketones (excluding diaryl/α,β-unsaturated/α-hetero) is 1. The number of carbonyl (C=O) groups is 1. The van der Waals surface area contributed by atoms with E-state index in [0.29, 0.717) is 24.1 Å². The van der Waals surface area contributed by atoms with Crippen LogP contribution in [-0.2, 0) is 13.0 Å². The van der Waals surface area contributed by atoms with Gasteiger partial charge in [0.2, 0.25) is 0 Å². The monoisotopic (exact) mass is 276 g/mol. The van der Waals surface area contributed by atoms with E-state index in [4.69, 9.17) is 10.5 Å². The van der Waals surface area contributed by atoms with Crippen LogP contribution in [0.4, 0.5) is 0 Å². The summed E-state index contributed by atoms with van der Waals surface area (Å²) in [6.45, 7) is 0.465. The summed E-state index contributed by atoms with van der Waals surface area (Å²) in [6.07, 6.45) is 2.03. The minimum atomic E-state index is 0.00447. The first-order valence-corrected chi connectivity index (χ1v) is 6.75. The highest BCUT2D eigenvalue weighted by molar-refractivity contribution is 5.99. The summed E-state index contributed by atoms with van der Waals surface area (Å²) in [5.41, 5.74) is 3.06. The van der Waals surface area contributed by atoms with Crippen LogP contribution >= 0.6 is 0 Å². The average Bonchev–Trinajstić information content (AvgIpc) is 2.87. The van der Waals surface area contributed by atoms with Crippen molar-refractivity contribution in [1.82, 2.24) is 9.78 Å². The van der Waals surface area contributed by atoms with Gasteiger partial charge in [0.25, 0.3) is 0 Å². The molecule has 3 rings (SSSR count). The first kappa shape index (κ1) is 13.1. The number of hydrogen-bond acceptors (Lipinski definition) is 4. The van der Waals surface area contributed by atoms with Gasteiger partial charge in [0, 0.05) is 6.42 Å². The smallest absolute Gasteiger partial charge is 0.173 e. The number of rotatable bonds is 2. The van der Waals surface area contributed by atoms with E-state index in [2.05, 4.69) is 11.2 Å². The Hall–Kier alpha value is -2.92. The third kappa shape index (κ3) is 2.30. The van der Waals surface area contributed by atoms with Crippen molar-refractivity contribution in [1.29, 1.82) is 10.5 Å². The van der Waals surface area contributed by atoms with Crippen LogP contribution in [0, 0.1) is 22.7 Å². The Morgan fingerprint density at radius 3 is 2.86 bits per heavy atom. The molecule has 1 heterocycles. The zero-order valence-electron chi connectivity index (χ0n) is 11.3. The van der Waals surface area contributed by atoms with Crippen LogP contribution in [0.1, 0.15) is 45.7 Å². The van der Waals surface area contributed by atoms with Crippen LogP contribution in [-0.4, -0.2) is 15.6 Å². The van der Waals surface area contributed by atoms with Crippen LogP contribution in [0.2, 0.25) is 0 Å². The number of hydrogen-bond donors (Lipinski definition) is 0. The molecule has 0 saturated carbocycles. The first-order valence-electron chi connectivity index (χ1n) is 6.75. The second-order valence-corrected chi connectivity index (χ2v) is 5.03. The number of aromatic nitrogens is 2. The summed E-state index contributed by atoms with van der Waals surface area (Å²) in [5.74, 6) is 0.00447. The molecule has 0 fully saturated rings. The normalized spacial score (nSPS) is 13.3. The second-order valence-electron chi connectivity index (χ2n) is 5.03. The Bertz CT molecular complexity index is 805. The second kappa shape index (κ2) is 5.22. The van der Waals surface area contributed by atoms with Gasteiger partial charge in [0.15, 0.2) is 11.5 Å². The highest BCUT2D eigenvalue weighted by Crippen LogP contribution is 2.25. The molecule has 102 valence electrons. The van der Waals surface area contributed by atoms with Crippen LogP contribution in [0.25, 0.3) is 0 Å². The number of fused-ring (bicyclic) bond motifs is 1. The molecule has 1 aromatic heterocycles. The van der Waals surface area contributed by atoms with Crippen LogP contribution in [0.3, 0.4) is 0 Å². The quantitative estimate of drug-likeness (QED) is 0.841. The van der Waals surface area contributed by atoms with Gasteiger partial charge in [-0.05, 0) is 30.5 Å². The van der Waals surface area contributed by atoms with Gasteiger partial charge in [-0.25, -0.2) is 0 Å². The molecule has 0 radical (unpaired) electrons. The highest BCUT2D eigenvalue weighted by atomic mass is 16.1. The molecule has 0 saturated heterocycles. The molecule has 5 nitrogen and oxygen atoms in total. The Morgan fingerprint density at radius 2 is 2.10 bits per heavy atom. The predicted molar refractivity (Wildman–Crippen MR) is 74.5 cm³/mol. The lowest BCUT2D eigenvalue weighted by Gasteiger charge is -2.13. The van der Waals surface area contributed by atoms with Gasteiger partial charge in [-0.15, -0.1) is 0 Å². The molecule has 0 amide bonds. The van der Waals surface area contributed by atoms with E-state index in [0.717, 1.165) is 24.1 Å². The molecule has 0 spiro atoms. The lowest BCUT2D eigenvalue weighted by molar-refractivity contribution is 0.0971.